The van der Waals surface area contributed by atoms with Crippen LogP contribution >= 0.6 is 23.2 Å². The van der Waals surface area contributed by atoms with Gasteiger partial charge >= 0.3 is 0 Å². The molecule has 0 aromatic heterocycles. The number of halogens is 4. The number of sulfonamides is 1. The van der Waals surface area contributed by atoms with Crippen LogP contribution in [-0.4, -0.2) is 39.0 Å². The van der Waals surface area contributed by atoms with Crippen molar-refractivity contribution in [1.29, 1.82) is 0 Å². The Morgan fingerprint density at radius 2 is 1.74 bits per heavy atom. The van der Waals surface area contributed by atoms with Gasteiger partial charge in [0, 0.05) is 36.4 Å². The van der Waals surface area contributed by atoms with Gasteiger partial charge in [0.25, 0.3) is 0 Å². The van der Waals surface area contributed by atoms with Crippen molar-refractivity contribution >= 4 is 38.9 Å². The Hall–Kier alpha value is -1.45. The Morgan fingerprint density at radius 1 is 1.04 bits per heavy atom. The van der Waals surface area contributed by atoms with E-state index in [1.54, 1.807) is 0 Å². The third kappa shape index (κ3) is 4.52. The number of ether oxygens (including phenoxy) is 1. The summed E-state index contributed by atoms with van der Waals surface area (Å²) in [6, 6.07) is 6.12. The van der Waals surface area contributed by atoms with E-state index in [0.717, 1.165) is 12.1 Å². The van der Waals surface area contributed by atoms with Crippen molar-refractivity contribution < 1.29 is 21.9 Å². The molecule has 3 rings (SSSR count). The van der Waals surface area contributed by atoms with E-state index < -0.39 is 21.7 Å². The zero-order valence-electron chi connectivity index (χ0n) is 14.0. The molecule has 27 heavy (non-hydrogen) atoms. The standard InChI is InChI=1S/C17H16Cl2F2N2O3S/c18-13-9-14(19)17(27(24,25)23-3-5-26-6-4-23)7-11(13)10-22-12-1-2-15(20)16(21)8-12/h1-2,7-9,22H,3-6,10H2. The third-order valence-corrected chi connectivity index (χ3v) is 6.81. The maximum absolute atomic E-state index is 13.3. The van der Waals surface area contributed by atoms with E-state index in [1.807, 2.05) is 0 Å². The van der Waals surface area contributed by atoms with E-state index in [0.29, 0.717) is 24.5 Å². The monoisotopic (exact) mass is 436 g/mol. The molecule has 1 N–H and O–H groups in total. The lowest BCUT2D eigenvalue weighted by Gasteiger charge is -2.26. The van der Waals surface area contributed by atoms with Crippen LogP contribution in [0.25, 0.3) is 0 Å². The predicted octanol–water partition coefficient (Wildman–Crippen LogP) is 3.90. The zero-order valence-corrected chi connectivity index (χ0v) is 16.3. The van der Waals surface area contributed by atoms with Gasteiger partial charge in [-0.05, 0) is 29.8 Å². The number of hydrogen-bond donors (Lipinski definition) is 1. The molecule has 146 valence electrons. The lowest BCUT2D eigenvalue weighted by atomic mass is 10.2. The van der Waals surface area contributed by atoms with Crippen LogP contribution in [0.2, 0.25) is 10.0 Å². The Morgan fingerprint density at radius 3 is 2.41 bits per heavy atom. The summed E-state index contributed by atoms with van der Waals surface area (Å²) in [6.45, 7) is 1.21. The first-order valence-electron chi connectivity index (χ1n) is 8.04. The van der Waals surface area contributed by atoms with Crippen LogP contribution in [0, 0.1) is 11.6 Å². The van der Waals surface area contributed by atoms with Crippen molar-refractivity contribution in [1.82, 2.24) is 4.31 Å². The molecule has 0 amide bonds. The fourth-order valence-corrected chi connectivity index (χ4v) is 4.88. The first-order valence-corrected chi connectivity index (χ1v) is 10.2. The second kappa shape index (κ2) is 8.28. The number of morpholine rings is 1. The van der Waals surface area contributed by atoms with Crippen LogP contribution in [0.3, 0.4) is 0 Å². The summed E-state index contributed by atoms with van der Waals surface area (Å²) in [5, 5.41) is 3.16. The quantitative estimate of drug-likeness (QED) is 0.771. The maximum Gasteiger partial charge on any atom is 0.244 e. The molecule has 1 heterocycles. The van der Waals surface area contributed by atoms with Crippen LogP contribution in [0.4, 0.5) is 14.5 Å². The van der Waals surface area contributed by atoms with E-state index >= 15 is 0 Å². The van der Waals surface area contributed by atoms with Gasteiger partial charge < -0.3 is 10.1 Å². The number of nitrogens with zero attached hydrogens (tertiary/aromatic N) is 1. The minimum absolute atomic E-state index is 0.0167. The maximum atomic E-state index is 13.3. The molecule has 1 aliphatic heterocycles. The van der Waals surface area contributed by atoms with Crippen molar-refractivity contribution in [2.45, 2.75) is 11.4 Å². The fourth-order valence-electron chi connectivity index (χ4n) is 2.63. The van der Waals surface area contributed by atoms with Crippen molar-refractivity contribution in [3.05, 3.63) is 57.6 Å². The number of anilines is 1. The Labute approximate surface area is 165 Å². The highest BCUT2D eigenvalue weighted by atomic mass is 35.5. The molecule has 0 saturated carbocycles. The topological polar surface area (TPSA) is 58.6 Å². The van der Waals surface area contributed by atoms with Gasteiger partial charge in [0.1, 0.15) is 4.90 Å². The molecule has 1 aliphatic rings. The Bertz CT molecular complexity index is 951. The first kappa shape index (κ1) is 20.3. The summed E-state index contributed by atoms with van der Waals surface area (Å²) < 4.78 is 58.5. The highest BCUT2D eigenvalue weighted by molar-refractivity contribution is 7.89. The second-order valence-corrected chi connectivity index (χ2v) is 8.59. The van der Waals surface area contributed by atoms with E-state index in [1.165, 1.54) is 22.5 Å². The molecule has 5 nitrogen and oxygen atoms in total. The van der Waals surface area contributed by atoms with Gasteiger partial charge in [0.05, 0.1) is 18.2 Å². The first-order chi connectivity index (χ1) is 12.8. The minimum atomic E-state index is -3.80. The molecule has 0 unspecified atom stereocenters. The molecule has 1 saturated heterocycles. The van der Waals surface area contributed by atoms with Gasteiger partial charge in [-0.25, -0.2) is 17.2 Å². The Kier molecular flexibility index (Phi) is 6.22. The summed E-state index contributed by atoms with van der Waals surface area (Å²) in [5.74, 6) is -1.94. The highest BCUT2D eigenvalue weighted by Crippen LogP contribution is 2.31. The molecular formula is C17H16Cl2F2N2O3S. The minimum Gasteiger partial charge on any atom is -0.381 e. The summed E-state index contributed by atoms with van der Waals surface area (Å²) in [6.07, 6.45) is 0. The molecular weight excluding hydrogens is 421 g/mol. The smallest absolute Gasteiger partial charge is 0.244 e. The van der Waals surface area contributed by atoms with E-state index in [4.69, 9.17) is 27.9 Å². The lowest BCUT2D eigenvalue weighted by Crippen LogP contribution is -2.40. The average molecular weight is 437 g/mol. The van der Waals surface area contributed by atoms with Gasteiger partial charge in [-0.1, -0.05) is 23.2 Å². The Balaban J connectivity index is 1.86. The molecule has 0 atom stereocenters. The molecule has 0 spiro atoms. The molecule has 2 aromatic rings. The molecule has 0 radical (unpaired) electrons. The largest absolute Gasteiger partial charge is 0.381 e. The second-order valence-electron chi connectivity index (χ2n) is 5.87. The molecule has 0 aliphatic carbocycles. The van der Waals surface area contributed by atoms with Crippen molar-refractivity contribution in [2.24, 2.45) is 0 Å². The average Bonchev–Trinajstić information content (AvgIpc) is 2.64. The van der Waals surface area contributed by atoms with Crippen LogP contribution in [0.15, 0.2) is 35.2 Å². The van der Waals surface area contributed by atoms with Crippen molar-refractivity contribution in [3.8, 4) is 0 Å². The van der Waals surface area contributed by atoms with E-state index in [-0.39, 0.29) is 34.6 Å². The highest BCUT2D eigenvalue weighted by Gasteiger charge is 2.29. The molecule has 10 heteroatoms. The van der Waals surface area contributed by atoms with Gasteiger partial charge in [-0.15, -0.1) is 0 Å². The van der Waals surface area contributed by atoms with Crippen LogP contribution in [0.5, 0.6) is 0 Å². The van der Waals surface area contributed by atoms with Crippen LogP contribution in [-0.2, 0) is 21.3 Å². The van der Waals surface area contributed by atoms with E-state index in [9.17, 15) is 17.2 Å². The normalized spacial score (nSPS) is 15.7. The van der Waals surface area contributed by atoms with Crippen LogP contribution in [0.1, 0.15) is 5.56 Å². The summed E-state index contributed by atoms with van der Waals surface area (Å²) in [7, 11) is -3.80. The van der Waals surface area contributed by atoms with Gasteiger partial charge in [-0.2, -0.15) is 4.31 Å². The fraction of sp³-hybridized carbons (Fsp3) is 0.294. The number of hydrogen-bond acceptors (Lipinski definition) is 4. The van der Waals surface area contributed by atoms with Crippen molar-refractivity contribution in [3.63, 3.8) is 0 Å². The number of nitrogens with one attached hydrogen (secondary N) is 1. The number of benzene rings is 2. The summed E-state index contributed by atoms with van der Waals surface area (Å²) in [4.78, 5) is -0.0578. The van der Waals surface area contributed by atoms with E-state index in [2.05, 4.69) is 5.32 Å². The molecule has 1 fully saturated rings. The number of rotatable bonds is 5. The van der Waals surface area contributed by atoms with Gasteiger partial charge in [-0.3, -0.25) is 0 Å². The lowest BCUT2D eigenvalue weighted by molar-refractivity contribution is 0.0730. The summed E-state index contributed by atoms with van der Waals surface area (Å²) in [5.41, 5.74) is 0.787. The summed E-state index contributed by atoms with van der Waals surface area (Å²) >= 11 is 12.3. The molecule has 2 aromatic carbocycles. The SMILES string of the molecule is O=S(=O)(c1cc(CNc2ccc(F)c(F)c2)c(Cl)cc1Cl)N1CCOCC1. The zero-order chi connectivity index (χ0) is 19.6. The van der Waals surface area contributed by atoms with Gasteiger partial charge in [0.15, 0.2) is 11.6 Å². The third-order valence-electron chi connectivity index (χ3n) is 4.09. The van der Waals surface area contributed by atoms with Crippen molar-refractivity contribution in [2.75, 3.05) is 31.6 Å². The predicted molar refractivity (Wildman–Crippen MR) is 99.7 cm³/mol. The van der Waals surface area contributed by atoms with Crippen LogP contribution < -0.4 is 5.32 Å². The van der Waals surface area contributed by atoms with Gasteiger partial charge in [0.2, 0.25) is 10.0 Å². The molecule has 0 bridgehead atoms.